The summed E-state index contributed by atoms with van der Waals surface area (Å²) < 4.78 is 5.01. The summed E-state index contributed by atoms with van der Waals surface area (Å²) in [4.78, 5) is 47.5. The molecule has 2 N–H and O–H groups in total. The predicted octanol–water partition coefficient (Wildman–Crippen LogP) is 2.84. The number of urea groups is 1. The average molecular weight is 360 g/mol. The Balaban J connectivity index is 1.87. The van der Waals surface area contributed by atoms with Crippen LogP contribution in [0, 0.1) is 0 Å². The third kappa shape index (κ3) is 5.25. The molecule has 1 heterocycles. The molecule has 1 atom stereocenters. The van der Waals surface area contributed by atoms with Gasteiger partial charge in [0.05, 0.1) is 4.88 Å². The van der Waals surface area contributed by atoms with E-state index in [-0.39, 0.29) is 10.7 Å². The van der Waals surface area contributed by atoms with E-state index in [1.807, 2.05) is 0 Å². The topological polar surface area (TPSA) is 102 Å². The summed E-state index contributed by atoms with van der Waals surface area (Å²) in [6.07, 6.45) is -1.17. The first kappa shape index (κ1) is 18.3. The number of amides is 3. The van der Waals surface area contributed by atoms with Crippen molar-refractivity contribution in [2.45, 2.75) is 20.0 Å². The summed E-state index contributed by atoms with van der Waals surface area (Å²) in [6, 6.07) is 10.8. The first-order valence-electron chi connectivity index (χ1n) is 7.35. The van der Waals surface area contributed by atoms with Gasteiger partial charge in [0, 0.05) is 5.69 Å². The van der Waals surface area contributed by atoms with Crippen LogP contribution in [0.4, 0.5) is 10.5 Å². The number of hydrogen-bond donors (Lipinski definition) is 2. The minimum absolute atomic E-state index is 0.160. The highest BCUT2D eigenvalue weighted by Crippen LogP contribution is 2.18. The van der Waals surface area contributed by atoms with E-state index in [9.17, 15) is 19.2 Å². The molecular formula is C17H16N2O5S. The molecule has 0 saturated heterocycles. The van der Waals surface area contributed by atoms with Gasteiger partial charge in [0.25, 0.3) is 5.91 Å². The highest BCUT2D eigenvalue weighted by atomic mass is 32.1. The molecule has 130 valence electrons. The van der Waals surface area contributed by atoms with Gasteiger partial charge in [-0.15, -0.1) is 11.3 Å². The molecule has 2 aromatic rings. The van der Waals surface area contributed by atoms with Crippen molar-refractivity contribution in [3.05, 3.63) is 52.2 Å². The highest BCUT2D eigenvalue weighted by molar-refractivity contribution is 7.15. The number of esters is 1. The van der Waals surface area contributed by atoms with Gasteiger partial charge in [0.1, 0.15) is 4.88 Å². The van der Waals surface area contributed by atoms with Crippen molar-refractivity contribution in [1.82, 2.24) is 5.32 Å². The van der Waals surface area contributed by atoms with Gasteiger partial charge in [-0.1, -0.05) is 18.2 Å². The molecule has 2 rings (SSSR count). The van der Waals surface area contributed by atoms with E-state index < -0.39 is 24.0 Å². The highest BCUT2D eigenvalue weighted by Gasteiger charge is 2.22. The second-order valence-corrected chi connectivity index (χ2v) is 6.16. The third-order valence-corrected chi connectivity index (χ3v) is 4.24. The Morgan fingerprint density at radius 3 is 2.24 bits per heavy atom. The Hall–Kier alpha value is -3.00. The van der Waals surface area contributed by atoms with Crippen LogP contribution in [0.25, 0.3) is 0 Å². The standard InChI is InChI=1S/C17H16N2O5S/c1-10(20)13-8-9-14(25-13)16(22)24-11(2)15(21)19-17(23)18-12-6-4-3-5-7-12/h3-9,11H,1-2H3,(H2,18,19,21,23). The van der Waals surface area contributed by atoms with Crippen molar-refractivity contribution in [2.24, 2.45) is 0 Å². The van der Waals surface area contributed by atoms with Crippen molar-refractivity contribution < 1.29 is 23.9 Å². The van der Waals surface area contributed by atoms with Gasteiger partial charge in [-0.05, 0) is 38.1 Å². The van der Waals surface area contributed by atoms with E-state index in [0.717, 1.165) is 11.3 Å². The molecule has 8 heteroatoms. The SMILES string of the molecule is CC(=O)c1ccc(C(=O)OC(C)C(=O)NC(=O)Nc2ccccc2)s1. The molecule has 0 fully saturated rings. The van der Waals surface area contributed by atoms with Gasteiger partial charge in [-0.3, -0.25) is 14.9 Å². The predicted molar refractivity (Wildman–Crippen MR) is 92.8 cm³/mol. The second kappa shape index (κ2) is 8.20. The Morgan fingerprint density at radius 2 is 1.64 bits per heavy atom. The largest absolute Gasteiger partial charge is 0.448 e. The van der Waals surface area contributed by atoms with Crippen LogP contribution in [0.15, 0.2) is 42.5 Å². The van der Waals surface area contributed by atoms with E-state index in [4.69, 9.17) is 4.74 Å². The molecule has 0 aliphatic heterocycles. The zero-order chi connectivity index (χ0) is 18.4. The maximum Gasteiger partial charge on any atom is 0.349 e. The summed E-state index contributed by atoms with van der Waals surface area (Å²) in [5, 5.41) is 4.57. The molecule has 1 aromatic heterocycles. The van der Waals surface area contributed by atoms with Crippen molar-refractivity contribution in [3.8, 4) is 0 Å². The van der Waals surface area contributed by atoms with Crippen LogP contribution in [0.5, 0.6) is 0 Å². The molecule has 7 nitrogen and oxygen atoms in total. The number of carbonyl (C=O) groups is 4. The number of anilines is 1. The molecule has 0 radical (unpaired) electrons. The van der Waals surface area contributed by atoms with Crippen LogP contribution in [0.2, 0.25) is 0 Å². The Kier molecular flexibility index (Phi) is 6.02. The number of thiophene rings is 1. The van der Waals surface area contributed by atoms with Crippen LogP contribution >= 0.6 is 11.3 Å². The lowest BCUT2D eigenvalue weighted by Gasteiger charge is -2.12. The van der Waals surface area contributed by atoms with Crippen molar-refractivity contribution >= 4 is 40.7 Å². The lowest BCUT2D eigenvalue weighted by Crippen LogP contribution is -2.41. The smallest absolute Gasteiger partial charge is 0.349 e. The normalized spacial score (nSPS) is 11.3. The summed E-state index contributed by atoms with van der Waals surface area (Å²) in [6.45, 7) is 2.74. The van der Waals surface area contributed by atoms with E-state index in [0.29, 0.717) is 10.6 Å². The van der Waals surface area contributed by atoms with Gasteiger partial charge in [-0.2, -0.15) is 0 Å². The van der Waals surface area contributed by atoms with Gasteiger partial charge >= 0.3 is 12.0 Å². The number of nitrogens with one attached hydrogen (secondary N) is 2. The van der Waals surface area contributed by atoms with Crippen molar-refractivity contribution in [2.75, 3.05) is 5.32 Å². The minimum Gasteiger partial charge on any atom is -0.448 e. The number of imide groups is 1. The number of ether oxygens (including phenoxy) is 1. The van der Waals surface area contributed by atoms with E-state index >= 15 is 0 Å². The molecule has 0 aliphatic carbocycles. The monoisotopic (exact) mass is 360 g/mol. The lowest BCUT2D eigenvalue weighted by atomic mass is 10.3. The van der Waals surface area contributed by atoms with E-state index in [1.165, 1.54) is 26.0 Å². The van der Waals surface area contributed by atoms with Gasteiger partial charge < -0.3 is 10.1 Å². The Bertz CT molecular complexity index is 800. The summed E-state index contributed by atoms with van der Waals surface area (Å²) in [7, 11) is 0. The second-order valence-electron chi connectivity index (χ2n) is 5.08. The number of ketones is 1. The molecular weight excluding hydrogens is 344 g/mol. The fourth-order valence-electron chi connectivity index (χ4n) is 1.81. The number of hydrogen-bond acceptors (Lipinski definition) is 6. The van der Waals surface area contributed by atoms with Crippen LogP contribution in [0.1, 0.15) is 33.2 Å². The van der Waals surface area contributed by atoms with Gasteiger partial charge in [0.2, 0.25) is 0 Å². The average Bonchev–Trinajstić information content (AvgIpc) is 3.06. The van der Waals surface area contributed by atoms with Crippen LogP contribution in [-0.2, 0) is 9.53 Å². The van der Waals surface area contributed by atoms with Crippen LogP contribution in [0.3, 0.4) is 0 Å². The van der Waals surface area contributed by atoms with Crippen molar-refractivity contribution in [1.29, 1.82) is 0 Å². The number of rotatable bonds is 5. The summed E-state index contributed by atoms with van der Waals surface area (Å²) in [5.74, 6) is -1.65. The Morgan fingerprint density at radius 1 is 1.00 bits per heavy atom. The molecule has 1 aromatic carbocycles. The third-order valence-electron chi connectivity index (χ3n) is 3.08. The van der Waals surface area contributed by atoms with Crippen LogP contribution in [-0.4, -0.2) is 29.8 Å². The van der Waals surface area contributed by atoms with Crippen LogP contribution < -0.4 is 10.6 Å². The number of para-hydroxylation sites is 1. The first-order chi connectivity index (χ1) is 11.9. The van der Waals surface area contributed by atoms with Gasteiger partial charge in [0.15, 0.2) is 11.9 Å². The van der Waals surface area contributed by atoms with E-state index in [2.05, 4.69) is 10.6 Å². The lowest BCUT2D eigenvalue weighted by molar-refractivity contribution is -0.127. The molecule has 0 aliphatic rings. The Labute approximate surface area is 148 Å². The maximum absolute atomic E-state index is 12.0. The molecule has 0 spiro atoms. The summed E-state index contributed by atoms with van der Waals surface area (Å²) in [5.41, 5.74) is 0.521. The quantitative estimate of drug-likeness (QED) is 0.631. The number of carbonyl (C=O) groups excluding carboxylic acids is 4. The zero-order valence-corrected chi connectivity index (χ0v) is 14.4. The summed E-state index contributed by atoms with van der Waals surface area (Å²) >= 11 is 0.983. The fraction of sp³-hybridized carbons (Fsp3) is 0.176. The first-order valence-corrected chi connectivity index (χ1v) is 8.17. The molecule has 1 unspecified atom stereocenters. The maximum atomic E-state index is 12.0. The van der Waals surface area contributed by atoms with E-state index in [1.54, 1.807) is 30.3 Å². The molecule has 3 amide bonds. The zero-order valence-electron chi connectivity index (χ0n) is 13.6. The number of Topliss-reactive ketones (excluding diaryl/α,β-unsaturated/α-hetero) is 1. The molecule has 0 saturated carbocycles. The fourth-order valence-corrected chi connectivity index (χ4v) is 2.59. The molecule has 0 bridgehead atoms. The van der Waals surface area contributed by atoms with Crippen molar-refractivity contribution in [3.63, 3.8) is 0 Å². The number of benzene rings is 1. The molecule has 25 heavy (non-hydrogen) atoms. The van der Waals surface area contributed by atoms with Gasteiger partial charge in [-0.25, -0.2) is 9.59 Å². The minimum atomic E-state index is -1.17.